The molecule has 8 heteroatoms. The largest absolute Gasteiger partial charge is 0.481 e. The van der Waals surface area contributed by atoms with Gasteiger partial charge in [0.2, 0.25) is 0 Å². The van der Waals surface area contributed by atoms with Crippen LogP contribution in [0.4, 0.5) is 0 Å². The highest BCUT2D eigenvalue weighted by Gasteiger charge is 2.23. The molecule has 0 radical (unpaired) electrons. The van der Waals surface area contributed by atoms with Crippen molar-refractivity contribution in [2.45, 2.75) is 24.2 Å². The first-order valence-corrected chi connectivity index (χ1v) is 10.5. The number of nitrogens with zero attached hydrogens (tertiary/aromatic N) is 1. The van der Waals surface area contributed by atoms with E-state index in [9.17, 15) is 13.2 Å². The van der Waals surface area contributed by atoms with Crippen molar-refractivity contribution < 1.29 is 18.3 Å². The maximum Gasteiger partial charge on any atom is 0.303 e. The van der Waals surface area contributed by atoms with Crippen LogP contribution in [0, 0.1) is 0 Å². The first-order chi connectivity index (χ1) is 13.4. The lowest BCUT2D eigenvalue weighted by atomic mass is 10.2. The SMILES string of the molecule is O=C(O)CCCc1cc2cc(Cl)ccc2n1S(=O)(=O)c1ccc2[nH]ccc2c1. The van der Waals surface area contributed by atoms with Crippen molar-refractivity contribution in [3.05, 3.63) is 65.4 Å². The fraction of sp³-hybridized carbons (Fsp3) is 0.150. The van der Waals surface area contributed by atoms with Crippen molar-refractivity contribution in [3.8, 4) is 0 Å². The molecule has 2 N–H and O–H groups in total. The number of hydrogen-bond acceptors (Lipinski definition) is 3. The molecule has 28 heavy (non-hydrogen) atoms. The predicted octanol–water partition coefficient (Wildman–Crippen LogP) is 4.42. The molecule has 0 spiro atoms. The Kier molecular flexibility index (Phi) is 4.64. The van der Waals surface area contributed by atoms with Crippen molar-refractivity contribution in [1.82, 2.24) is 8.96 Å². The average Bonchev–Trinajstić information content (AvgIpc) is 3.24. The minimum Gasteiger partial charge on any atom is -0.481 e. The standard InChI is InChI=1S/C20H17ClN2O4S/c21-15-4-7-19-14(10-15)11-16(2-1-3-20(24)25)23(19)28(26,27)17-5-6-18-13(12-17)8-9-22-18/h4-12,22H,1-3H2,(H,24,25). The smallest absolute Gasteiger partial charge is 0.303 e. The monoisotopic (exact) mass is 416 g/mol. The second kappa shape index (κ2) is 7.00. The minimum absolute atomic E-state index is 0.0301. The summed E-state index contributed by atoms with van der Waals surface area (Å²) in [6.07, 6.45) is 2.39. The first-order valence-electron chi connectivity index (χ1n) is 8.71. The van der Waals surface area contributed by atoms with Gasteiger partial charge in [0.05, 0.1) is 10.4 Å². The van der Waals surface area contributed by atoms with Gasteiger partial charge in [0, 0.05) is 39.6 Å². The molecule has 4 rings (SSSR count). The number of benzene rings is 2. The number of aromatic amines is 1. The van der Waals surface area contributed by atoms with E-state index in [-0.39, 0.29) is 11.3 Å². The maximum absolute atomic E-state index is 13.5. The van der Waals surface area contributed by atoms with Crippen molar-refractivity contribution in [2.75, 3.05) is 0 Å². The van der Waals surface area contributed by atoms with E-state index in [0.717, 1.165) is 10.9 Å². The summed E-state index contributed by atoms with van der Waals surface area (Å²) in [5, 5.41) is 10.9. The molecule has 0 fully saturated rings. The molecule has 2 heterocycles. The zero-order valence-corrected chi connectivity index (χ0v) is 16.3. The highest BCUT2D eigenvalue weighted by atomic mass is 35.5. The Labute approximate surface area is 166 Å². The molecule has 0 bridgehead atoms. The van der Waals surface area contributed by atoms with Crippen LogP contribution in [0.15, 0.2) is 59.6 Å². The summed E-state index contributed by atoms with van der Waals surface area (Å²) in [4.78, 5) is 14.1. The van der Waals surface area contributed by atoms with Gasteiger partial charge < -0.3 is 10.1 Å². The third-order valence-corrected chi connectivity index (χ3v) is 6.67. The Hall–Kier alpha value is -2.77. The van der Waals surface area contributed by atoms with Crippen LogP contribution < -0.4 is 0 Å². The van der Waals surface area contributed by atoms with E-state index in [4.69, 9.17) is 16.7 Å². The Morgan fingerprint density at radius 3 is 2.68 bits per heavy atom. The lowest BCUT2D eigenvalue weighted by Gasteiger charge is -2.12. The van der Waals surface area contributed by atoms with Crippen LogP contribution in [0.5, 0.6) is 0 Å². The van der Waals surface area contributed by atoms with Crippen molar-refractivity contribution in [3.63, 3.8) is 0 Å². The number of hydrogen-bond donors (Lipinski definition) is 2. The minimum atomic E-state index is -3.87. The molecule has 0 saturated carbocycles. The average molecular weight is 417 g/mol. The second-order valence-electron chi connectivity index (χ2n) is 6.58. The molecule has 2 aromatic carbocycles. The molecule has 2 aromatic heterocycles. The highest BCUT2D eigenvalue weighted by molar-refractivity contribution is 7.90. The Bertz CT molecular complexity index is 1300. The van der Waals surface area contributed by atoms with E-state index in [1.54, 1.807) is 48.7 Å². The number of carboxylic acid groups (broad SMARTS) is 1. The number of H-pyrrole nitrogens is 1. The van der Waals surface area contributed by atoms with Crippen LogP contribution in [0.25, 0.3) is 21.8 Å². The predicted molar refractivity (Wildman–Crippen MR) is 108 cm³/mol. The fourth-order valence-corrected chi connectivity index (χ4v) is 5.18. The lowest BCUT2D eigenvalue weighted by molar-refractivity contribution is -0.137. The molecule has 6 nitrogen and oxygen atoms in total. The van der Waals surface area contributed by atoms with Crippen LogP contribution in [0.1, 0.15) is 18.5 Å². The molecule has 0 aliphatic heterocycles. The Morgan fingerprint density at radius 1 is 1.07 bits per heavy atom. The summed E-state index contributed by atoms with van der Waals surface area (Å²) in [5.41, 5.74) is 1.90. The molecular formula is C20H17ClN2O4S. The fourth-order valence-electron chi connectivity index (χ4n) is 3.39. The zero-order chi connectivity index (χ0) is 19.9. The number of nitrogens with one attached hydrogen (secondary N) is 1. The number of carboxylic acids is 1. The zero-order valence-electron chi connectivity index (χ0n) is 14.7. The van der Waals surface area contributed by atoms with E-state index in [2.05, 4.69) is 4.98 Å². The molecule has 144 valence electrons. The third-order valence-electron chi connectivity index (χ3n) is 4.68. The summed E-state index contributed by atoms with van der Waals surface area (Å²) < 4.78 is 28.3. The summed E-state index contributed by atoms with van der Waals surface area (Å²) in [6, 6.07) is 13.5. The van der Waals surface area contributed by atoms with Crippen molar-refractivity contribution in [2.24, 2.45) is 0 Å². The normalized spacial score (nSPS) is 12.0. The first kappa shape index (κ1) is 18.6. The van der Waals surface area contributed by atoms with Gasteiger partial charge in [-0.15, -0.1) is 0 Å². The molecular weight excluding hydrogens is 400 g/mol. The molecule has 0 aliphatic rings. The molecule has 4 aromatic rings. The number of aryl methyl sites for hydroxylation is 1. The molecule has 0 atom stereocenters. The van der Waals surface area contributed by atoms with E-state index < -0.39 is 16.0 Å². The number of carbonyl (C=O) groups is 1. The summed E-state index contributed by atoms with van der Waals surface area (Å²) in [7, 11) is -3.87. The van der Waals surface area contributed by atoms with Gasteiger partial charge in [0.1, 0.15) is 0 Å². The Morgan fingerprint density at radius 2 is 1.89 bits per heavy atom. The van der Waals surface area contributed by atoms with Crippen molar-refractivity contribution >= 4 is 49.4 Å². The van der Waals surface area contributed by atoms with E-state index in [1.807, 2.05) is 6.07 Å². The second-order valence-corrected chi connectivity index (χ2v) is 8.81. The van der Waals surface area contributed by atoms with Gasteiger partial charge in [-0.2, -0.15) is 0 Å². The van der Waals surface area contributed by atoms with E-state index in [0.29, 0.717) is 34.5 Å². The highest BCUT2D eigenvalue weighted by Crippen LogP contribution is 2.30. The van der Waals surface area contributed by atoms with Gasteiger partial charge in [-0.05, 0) is 61.4 Å². The Balaban J connectivity index is 1.87. The van der Waals surface area contributed by atoms with E-state index >= 15 is 0 Å². The molecule has 0 aliphatic carbocycles. The number of aliphatic carboxylic acids is 1. The van der Waals surface area contributed by atoms with Gasteiger partial charge in [-0.1, -0.05) is 11.6 Å². The van der Waals surface area contributed by atoms with Crippen LogP contribution >= 0.6 is 11.6 Å². The molecule has 0 unspecified atom stereocenters. The van der Waals surface area contributed by atoms with Crippen LogP contribution in [-0.4, -0.2) is 28.5 Å². The molecule has 0 saturated heterocycles. The number of rotatable bonds is 6. The quantitative estimate of drug-likeness (QED) is 0.486. The van der Waals surface area contributed by atoms with Gasteiger partial charge in [-0.25, -0.2) is 12.4 Å². The summed E-state index contributed by atoms with van der Waals surface area (Å²) in [5.74, 6) is -0.911. The van der Waals surface area contributed by atoms with Gasteiger partial charge in [0.25, 0.3) is 10.0 Å². The number of aromatic nitrogens is 2. The maximum atomic E-state index is 13.5. The summed E-state index contributed by atoms with van der Waals surface area (Å²) >= 11 is 6.07. The number of halogens is 1. The third kappa shape index (κ3) is 3.27. The van der Waals surface area contributed by atoms with E-state index in [1.165, 1.54) is 3.97 Å². The van der Waals surface area contributed by atoms with Crippen LogP contribution in [0.2, 0.25) is 5.02 Å². The molecule has 0 amide bonds. The summed E-state index contributed by atoms with van der Waals surface area (Å²) in [6.45, 7) is 0. The number of fused-ring (bicyclic) bond motifs is 2. The van der Waals surface area contributed by atoms with Gasteiger partial charge in [0.15, 0.2) is 0 Å². The van der Waals surface area contributed by atoms with Crippen LogP contribution in [-0.2, 0) is 21.2 Å². The van der Waals surface area contributed by atoms with Gasteiger partial charge in [-0.3, -0.25) is 4.79 Å². The van der Waals surface area contributed by atoms with Gasteiger partial charge >= 0.3 is 5.97 Å². The van der Waals surface area contributed by atoms with Crippen molar-refractivity contribution in [1.29, 1.82) is 0 Å². The lowest BCUT2D eigenvalue weighted by Crippen LogP contribution is -2.16. The van der Waals surface area contributed by atoms with Crippen LogP contribution in [0.3, 0.4) is 0 Å². The topological polar surface area (TPSA) is 92.2 Å².